The molecule has 1 aromatic carbocycles. The van der Waals surface area contributed by atoms with Crippen molar-refractivity contribution in [3.8, 4) is 5.75 Å². The number of halogens is 1. The summed E-state index contributed by atoms with van der Waals surface area (Å²) in [5.74, 6) is 0.709. The van der Waals surface area contributed by atoms with Crippen molar-refractivity contribution in [1.82, 2.24) is 14.7 Å². The first kappa shape index (κ1) is 18.5. The Labute approximate surface area is 144 Å². The third kappa shape index (κ3) is 6.65. The van der Waals surface area contributed by atoms with Crippen LogP contribution >= 0.6 is 11.6 Å². The molecule has 5 nitrogen and oxygen atoms in total. The number of aliphatic hydroxyl groups excluding tert-OH is 1. The fraction of sp³-hybridized carbons (Fsp3) is 0.647. The molecule has 2 rings (SSSR count). The first-order valence-corrected chi connectivity index (χ1v) is 8.57. The highest BCUT2D eigenvalue weighted by molar-refractivity contribution is 6.32. The van der Waals surface area contributed by atoms with Crippen molar-refractivity contribution in [1.29, 1.82) is 0 Å². The molecule has 23 heavy (non-hydrogen) atoms. The quantitative estimate of drug-likeness (QED) is 0.770. The van der Waals surface area contributed by atoms with Gasteiger partial charge in [0.05, 0.1) is 11.1 Å². The highest BCUT2D eigenvalue weighted by Crippen LogP contribution is 2.22. The number of hydrogen-bond donors (Lipinski definition) is 1. The van der Waals surface area contributed by atoms with Crippen molar-refractivity contribution in [3.05, 3.63) is 29.3 Å². The molecule has 1 aliphatic heterocycles. The highest BCUT2D eigenvalue weighted by atomic mass is 35.5. The van der Waals surface area contributed by atoms with Crippen LogP contribution in [-0.4, -0.2) is 92.4 Å². The van der Waals surface area contributed by atoms with Gasteiger partial charge in [0.2, 0.25) is 0 Å². The smallest absolute Gasteiger partial charge is 0.137 e. The van der Waals surface area contributed by atoms with Gasteiger partial charge in [-0.3, -0.25) is 4.90 Å². The maximum Gasteiger partial charge on any atom is 0.137 e. The summed E-state index contributed by atoms with van der Waals surface area (Å²) < 4.78 is 5.68. The largest absolute Gasteiger partial charge is 0.491 e. The molecule has 1 aromatic rings. The molecular weight excluding hydrogens is 314 g/mol. The van der Waals surface area contributed by atoms with E-state index in [-0.39, 0.29) is 6.10 Å². The lowest BCUT2D eigenvalue weighted by Gasteiger charge is -2.34. The monoisotopic (exact) mass is 341 g/mol. The minimum Gasteiger partial charge on any atom is -0.491 e. The summed E-state index contributed by atoms with van der Waals surface area (Å²) in [4.78, 5) is 6.75. The molecule has 1 N–H and O–H groups in total. The van der Waals surface area contributed by atoms with Crippen LogP contribution in [0, 0.1) is 0 Å². The van der Waals surface area contributed by atoms with Crippen molar-refractivity contribution in [2.75, 3.05) is 66.5 Å². The van der Waals surface area contributed by atoms with E-state index in [1.807, 2.05) is 31.3 Å². The molecule has 1 saturated heterocycles. The van der Waals surface area contributed by atoms with Gasteiger partial charge in [0.25, 0.3) is 0 Å². The maximum absolute atomic E-state index is 10.2. The Morgan fingerprint density at radius 3 is 2.65 bits per heavy atom. The summed E-state index contributed by atoms with van der Waals surface area (Å²) in [6.45, 7) is 6.93. The van der Waals surface area contributed by atoms with Gasteiger partial charge in [0.1, 0.15) is 12.4 Å². The molecular formula is C17H28ClN3O2. The van der Waals surface area contributed by atoms with Crippen LogP contribution in [0.5, 0.6) is 5.75 Å². The van der Waals surface area contributed by atoms with Gasteiger partial charge in [-0.15, -0.1) is 0 Å². The van der Waals surface area contributed by atoms with E-state index in [1.165, 1.54) is 0 Å². The number of nitrogens with zero attached hydrogens (tertiary/aromatic N) is 3. The molecule has 0 radical (unpaired) electrons. The van der Waals surface area contributed by atoms with Crippen molar-refractivity contribution in [2.45, 2.75) is 6.10 Å². The van der Waals surface area contributed by atoms with Crippen molar-refractivity contribution in [2.24, 2.45) is 0 Å². The molecule has 0 amide bonds. The van der Waals surface area contributed by atoms with E-state index in [0.717, 1.165) is 39.3 Å². The highest BCUT2D eigenvalue weighted by Gasteiger charge is 2.17. The van der Waals surface area contributed by atoms with Crippen LogP contribution in [0.2, 0.25) is 5.02 Å². The van der Waals surface area contributed by atoms with Crippen LogP contribution in [0.1, 0.15) is 0 Å². The Morgan fingerprint density at radius 1 is 1.26 bits per heavy atom. The number of hydrogen-bond acceptors (Lipinski definition) is 5. The second-order valence-corrected chi connectivity index (χ2v) is 6.71. The van der Waals surface area contributed by atoms with E-state index in [4.69, 9.17) is 16.3 Å². The van der Waals surface area contributed by atoms with Gasteiger partial charge < -0.3 is 19.6 Å². The van der Waals surface area contributed by atoms with Crippen LogP contribution in [0.25, 0.3) is 0 Å². The summed E-state index contributed by atoms with van der Waals surface area (Å²) >= 11 is 6.06. The molecule has 6 heteroatoms. The summed E-state index contributed by atoms with van der Waals surface area (Å²) in [6.07, 6.45) is -0.330. The number of para-hydroxylation sites is 1. The number of ether oxygens (including phenoxy) is 1. The number of benzene rings is 1. The Hall–Kier alpha value is -0.850. The number of piperazine rings is 1. The molecule has 130 valence electrons. The molecule has 0 aromatic heterocycles. The molecule has 0 aliphatic carbocycles. The molecule has 0 spiro atoms. The fourth-order valence-electron chi connectivity index (χ4n) is 2.71. The summed E-state index contributed by atoms with van der Waals surface area (Å²) in [5, 5.41) is 10.9. The second kappa shape index (κ2) is 9.45. The van der Waals surface area contributed by atoms with Gasteiger partial charge in [-0.05, 0) is 26.2 Å². The van der Waals surface area contributed by atoms with Crippen LogP contribution in [0.4, 0.5) is 0 Å². The topological polar surface area (TPSA) is 39.2 Å². The van der Waals surface area contributed by atoms with Gasteiger partial charge in [0, 0.05) is 45.8 Å². The number of β-amino-alcohol motifs (C(OH)–C–C–N with tert-alkyl or cyclic N) is 1. The van der Waals surface area contributed by atoms with Gasteiger partial charge in [-0.25, -0.2) is 0 Å². The lowest BCUT2D eigenvalue weighted by molar-refractivity contribution is 0.0582. The third-order valence-corrected chi connectivity index (χ3v) is 4.47. The average Bonchev–Trinajstić information content (AvgIpc) is 2.51. The second-order valence-electron chi connectivity index (χ2n) is 6.30. The minimum absolute atomic E-state index is 0.330. The van der Waals surface area contributed by atoms with Crippen molar-refractivity contribution >= 4 is 11.6 Å². The van der Waals surface area contributed by atoms with E-state index >= 15 is 0 Å². The van der Waals surface area contributed by atoms with E-state index in [2.05, 4.69) is 21.7 Å². The Morgan fingerprint density at radius 2 is 1.96 bits per heavy atom. The van der Waals surface area contributed by atoms with Crippen LogP contribution in [0.3, 0.4) is 0 Å². The van der Waals surface area contributed by atoms with E-state index in [9.17, 15) is 5.11 Å². The van der Waals surface area contributed by atoms with Crippen molar-refractivity contribution < 1.29 is 9.84 Å². The molecule has 0 saturated carbocycles. The zero-order chi connectivity index (χ0) is 16.7. The lowest BCUT2D eigenvalue weighted by atomic mass is 10.2. The Balaban J connectivity index is 1.62. The molecule has 1 heterocycles. The zero-order valence-electron chi connectivity index (χ0n) is 14.1. The van der Waals surface area contributed by atoms with E-state index in [0.29, 0.717) is 23.9 Å². The molecule has 0 bridgehead atoms. The van der Waals surface area contributed by atoms with Crippen LogP contribution < -0.4 is 4.74 Å². The zero-order valence-corrected chi connectivity index (χ0v) is 14.9. The summed E-state index contributed by atoms with van der Waals surface area (Å²) in [6, 6.07) is 7.48. The number of aliphatic hydroxyl groups is 1. The molecule has 1 unspecified atom stereocenters. The third-order valence-electron chi connectivity index (χ3n) is 4.15. The molecule has 1 atom stereocenters. The summed E-state index contributed by atoms with van der Waals surface area (Å²) in [5.41, 5.74) is 0. The van der Waals surface area contributed by atoms with Crippen LogP contribution in [-0.2, 0) is 0 Å². The Bertz CT molecular complexity index is 467. The summed E-state index contributed by atoms with van der Waals surface area (Å²) in [7, 11) is 4.14. The minimum atomic E-state index is -0.330. The Kier molecular flexibility index (Phi) is 7.59. The number of rotatable bonds is 8. The van der Waals surface area contributed by atoms with Crippen LogP contribution in [0.15, 0.2) is 24.3 Å². The number of likely N-dealkylation sites (N-methyl/N-ethyl adjacent to an activating group) is 2. The fourth-order valence-corrected chi connectivity index (χ4v) is 2.90. The van der Waals surface area contributed by atoms with E-state index < -0.39 is 0 Å². The maximum atomic E-state index is 10.2. The van der Waals surface area contributed by atoms with Gasteiger partial charge in [0.15, 0.2) is 0 Å². The average molecular weight is 342 g/mol. The lowest BCUT2D eigenvalue weighted by Crippen LogP contribution is -2.48. The van der Waals surface area contributed by atoms with Crippen molar-refractivity contribution in [3.63, 3.8) is 0 Å². The first-order valence-electron chi connectivity index (χ1n) is 8.19. The SMILES string of the molecule is CN1CCN(CC(O)CN(C)CCOc2ccccc2Cl)CC1. The normalized spacial score (nSPS) is 18.3. The predicted octanol–water partition coefficient (Wildman–Crippen LogP) is 1.26. The predicted molar refractivity (Wildman–Crippen MR) is 94.4 cm³/mol. The standard InChI is InChI=1S/C17H28ClN3O2/c1-19-7-9-21(10-8-19)14-15(22)13-20(2)11-12-23-17-6-4-3-5-16(17)18/h3-6,15,22H,7-14H2,1-2H3. The molecule has 1 aliphatic rings. The van der Waals surface area contributed by atoms with Gasteiger partial charge in [-0.1, -0.05) is 23.7 Å². The molecule has 1 fully saturated rings. The first-order chi connectivity index (χ1) is 11.0. The van der Waals surface area contributed by atoms with E-state index in [1.54, 1.807) is 0 Å². The van der Waals surface area contributed by atoms with Gasteiger partial charge >= 0.3 is 0 Å². The van der Waals surface area contributed by atoms with Gasteiger partial charge in [-0.2, -0.15) is 0 Å².